The van der Waals surface area contributed by atoms with Crippen LogP contribution in [0.1, 0.15) is 10.4 Å². The van der Waals surface area contributed by atoms with Crippen molar-refractivity contribution in [3.05, 3.63) is 81.6 Å². The third kappa shape index (κ3) is 3.89. The van der Waals surface area contributed by atoms with Crippen LogP contribution >= 0.6 is 11.6 Å². The van der Waals surface area contributed by atoms with Crippen LogP contribution in [0.3, 0.4) is 0 Å². The number of carbonyl (C=O) groups excluding carboxylic acids is 1. The molecular formula is C19H15ClN2O3. The second kappa shape index (κ2) is 7.23. The van der Waals surface area contributed by atoms with Crippen molar-refractivity contribution >= 4 is 23.2 Å². The van der Waals surface area contributed by atoms with E-state index in [9.17, 15) is 9.59 Å². The van der Waals surface area contributed by atoms with Crippen molar-refractivity contribution in [2.45, 2.75) is 0 Å². The quantitative estimate of drug-likeness (QED) is 0.745. The maximum atomic E-state index is 12.3. The van der Waals surface area contributed by atoms with E-state index >= 15 is 0 Å². The molecule has 0 saturated carbocycles. The highest BCUT2D eigenvalue weighted by Gasteiger charge is 2.12. The van der Waals surface area contributed by atoms with Gasteiger partial charge in [0, 0.05) is 16.4 Å². The molecule has 2 N–H and O–H groups in total. The maximum Gasteiger partial charge on any atom is 0.261 e. The van der Waals surface area contributed by atoms with Crippen molar-refractivity contribution in [3.63, 3.8) is 0 Å². The predicted molar refractivity (Wildman–Crippen MR) is 98.5 cm³/mol. The minimum Gasteiger partial charge on any atom is -0.497 e. The summed E-state index contributed by atoms with van der Waals surface area (Å²) in [5.74, 6) is 0.206. The summed E-state index contributed by atoms with van der Waals surface area (Å²) in [6.45, 7) is 0. The van der Waals surface area contributed by atoms with Gasteiger partial charge in [0.2, 0.25) is 0 Å². The van der Waals surface area contributed by atoms with Crippen LogP contribution in [0.5, 0.6) is 5.75 Å². The highest BCUT2D eigenvalue weighted by Crippen LogP contribution is 2.19. The van der Waals surface area contributed by atoms with Crippen molar-refractivity contribution in [2.75, 3.05) is 12.4 Å². The number of rotatable bonds is 4. The summed E-state index contributed by atoms with van der Waals surface area (Å²) >= 11 is 5.86. The molecule has 0 atom stereocenters. The maximum absolute atomic E-state index is 12.3. The summed E-state index contributed by atoms with van der Waals surface area (Å²) in [5.41, 5.74) is 1.57. The first-order chi connectivity index (χ1) is 12.1. The van der Waals surface area contributed by atoms with Gasteiger partial charge in [0.05, 0.1) is 7.11 Å². The molecule has 2 aromatic carbocycles. The SMILES string of the molecule is COc1ccc(NC(=O)c2ccc(-c3ccc(Cl)cc3)[nH]c2=O)cc1. The summed E-state index contributed by atoms with van der Waals surface area (Å²) < 4.78 is 5.06. The van der Waals surface area contributed by atoms with Crippen LogP contribution in [0.2, 0.25) is 5.02 Å². The van der Waals surface area contributed by atoms with Gasteiger partial charge in [0.1, 0.15) is 11.3 Å². The number of H-pyrrole nitrogens is 1. The van der Waals surface area contributed by atoms with Gasteiger partial charge in [-0.15, -0.1) is 0 Å². The molecule has 0 unspecified atom stereocenters. The number of aromatic amines is 1. The van der Waals surface area contributed by atoms with Crippen LogP contribution in [0.25, 0.3) is 11.3 Å². The van der Waals surface area contributed by atoms with E-state index in [0.717, 1.165) is 5.56 Å². The molecule has 0 aliphatic heterocycles. The van der Waals surface area contributed by atoms with Crippen LogP contribution in [-0.4, -0.2) is 18.0 Å². The highest BCUT2D eigenvalue weighted by atomic mass is 35.5. The van der Waals surface area contributed by atoms with Gasteiger partial charge in [-0.25, -0.2) is 0 Å². The van der Waals surface area contributed by atoms with Gasteiger partial charge >= 0.3 is 0 Å². The van der Waals surface area contributed by atoms with E-state index in [4.69, 9.17) is 16.3 Å². The van der Waals surface area contributed by atoms with Gasteiger partial charge < -0.3 is 15.0 Å². The summed E-state index contributed by atoms with van der Waals surface area (Å²) in [7, 11) is 1.56. The first-order valence-corrected chi connectivity index (χ1v) is 7.89. The summed E-state index contributed by atoms with van der Waals surface area (Å²) in [4.78, 5) is 27.3. The molecule has 3 rings (SSSR count). The fraction of sp³-hybridized carbons (Fsp3) is 0.0526. The average Bonchev–Trinajstić information content (AvgIpc) is 2.62. The molecule has 0 aliphatic carbocycles. The largest absolute Gasteiger partial charge is 0.497 e. The second-order valence-electron chi connectivity index (χ2n) is 5.30. The number of amides is 1. The van der Waals surface area contributed by atoms with Crippen molar-refractivity contribution in [1.82, 2.24) is 4.98 Å². The van der Waals surface area contributed by atoms with Gasteiger partial charge in [-0.1, -0.05) is 23.7 Å². The predicted octanol–water partition coefficient (Wildman–Crippen LogP) is 3.96. The lowest BCUT2D eigenvalue weighted by Gasteiger charge is -2.07. The van der Waals surface area contributed by atoms with Crippen LogP contribution in [0, 0.1) is 0 Å². The van der Waals surface area contributed by atoms with E-state index < -0.39 is 11.5 Å². The molecule has 0 fully saturated rings. The number of halogens is 1. The van der Waals surface area contributed by atoms with Gasteiger partial charge in [-0.05, 0) is 54.1 Å². The van der Waals surface area contributed by atoms with Crippen molar-refractivity contribution in [2.24, 2.45) is 0 Å². The molecule has 0 spiro atoms. The summed E-state index contributed by atoms with van der Waals surface area (Å²) in [6.07, 6.45) is 0. The topological polar surface area (TPSA) is 71.2 Å². The number of hydrogen-bond donors (Lipinski definition) is 2. The Hall–Kier alpha value is -3.05. The Kier molecular flexibility index (Phi) is 4.86. The zero-order chi connectivity index (χ0) is 17.8. The first-order valence-electron chi connectivity index (χ1n) is 7.51. The molecule has 1 heterocycles. The molecule has 1 amide bonds. The number of ether oxygens (including phenoxy) is 1. The minimum atomic E-state index is -0.478. The number of nitrogens with one attached hydrogen (secondary N) is 2. The van der Waals surface area contributed by atoms with Crippen LogP contribution in [0.4, 0.5) is 5.69 Å². The summed E-state index contributed by atoms with van der Waals surface area (Å²) in [5, 5.41) is 3.30. The molecule has 1 aromatic heterocycles. The van der Waals surface area contributed by atoms with Crippen molar-refractivity contribution in [1.29, 1.82) is 0 Å². The molecule has 25 heavy (non-hydrogen) atoms. The molecule has 0 radical (unpaired) electrons. The molecule has 0 saturated heterocycles. The number of pyridine rings is 1. The van der Waals surface area contributed by atoms with E-state index in [0.29, 0.717) is 22.2 Å². The van der Waals surface area contributed by atoms with Gasteiger partial charge in [0.15, 0.2) is 0 Å². The van der Waals surface area contributed by atoms with E-state index in [-0.39, 0.29) is 5.56 Å². The molecule has 126 valence electrons. The van der Waals surface area contributed by atoms with Crippen LogP contribution in [-0.2, 0) is 0 Å². The molecule has 0 aliphatic rings. The van der Waals surface area contributed by atoms with Gasteiger partial charge in [0.25, 0.3) is 11.5 Å². The van der Waals surface area contributed by atoms with Crippen molar-refractivity contribution in [3.8, 4) is 17.0 Å². The Balaban J connectivity index is 1.81. The Morgan fingerprint density at radius 1 is 1.00 bits per heavy atom. The number of anilines is 1. The van der Waals surface area contributed by atoms with E-state index in [1.807, 2.05) is 0 Å². The van der Waals surface area contributed by atoms with E-state index in [1.165, 1.54) is 6.07 Å². The van der Waals surface area contributed by atoms with Gasteiger partial charge in [-0.2, -0.15) is 0 Å². The Labute approximate surface area is 149 Å². The smallest absolute Gasteiger partial charge is 0.261 e. The number of benzene rings is 2. The number of carbonyl (C=O) groups is 1. The van der Waals surface area contributed by atoms with Crippen LogP contribution < -0.4 is 15.6 Å². The molecule has 0 bridgehead atoms. The zero-order valence-electron chi connectivity index (χ0n) is 13.4. The third-order valence-electron chi connectivity index (χ3n) is 3.66. The second-order valence-corrected chi connectivity index (χ2v) is 5.74. The monoisotopic (exact) mass is 354 g/mol. The summed E-state index contributed by atoms with van der Waals surface area (Å²) in [6, 6.07) is 17.1. The molecule has 6 heteroatoms. The Morgan fingerprint density at radius 2 is 1.68 bits per heavy atom. The molecule has 3 aromatic rings. The lowest BCUT2D eigenvalue weighted by atomic mass is 10.1. The Morgan fingerprint density at radius 3 is 2.28 bits per heavy atom. The highest BCUT2D eigenvalue weighted by molar-refractivity contribution is 6.30. The third-order valence-corrected chi connectivity index (χ3v) is 3.91. The molecule has 5 nitrogen and oxygen atoms in total. The van der Waals surface area contributed by atoms with Gasteiger partial charge in [-0.3, -0.25) is 9.59 Å². The fourth-order valence-electron chi connectivity index (χ4n) is 2.32. The normalized spacial score (nSPS) is 10.3. The lowest BCUT2D eigenvalue weighted by molar-refractivity contribution is 0.102. The Bertz CT molecular complexity index is 948. The standard InChI is InChI=1S/C19H15ClN2O3/c1-25-15-8-6-14(7-9-15)21-18(23)16-10-11-17(22-19(16)24)12-2-4-13(20)5-3-12/h2-11H,1H3,(H,21,23)(H,22,24). The fourth-order valence-corrected chi connectivity index (χ4v) is 2.45. The number of hydrogen-bond acceptors (Lipinski definition) is 3. The average molecular weight is 355 g/mol. The minimum absolute atomic E-state index is 0.0357. The number of methoxy groups -OCH3 is 1. The molecular weight excluding hydrogens is 340 g/mol. The van der Waals surface area contributed by atoms with E-state index in [2.05, 4.69) is 10.3 Å². The number of aromatic nitrogens is 1. The van der Waals surface area contributed by atoms with Crippen molar-refractivity contribution < 1.29 is 9.53 Å². The first kappa shape index (κ1) is 16.8. The van der Waals surface area contributed by atoms with Crippen LogP contribution in [0.15, 0.2) is 65.5 Å². The lowest BCUT2D eigenvalue weighted by Crippen LogP contribution is -2.23. The van der Waals surface area contributed by atoms with E-state index in [1.54, 1.807) is 61.7 Å². The zero-order valence-corrected chi connectivity index (χ0v) is 14.1.